The average Bonchev–Trinajstić information content (AvgIpc) is 2.42. The van der Waals surface area contributed by atoms with Gasteiger partial charge in [0, 0.05) is 16.7 Å². The Morgan fingerprint density at radius 3 is 2.75 bits per heavy atom. The maximum Gasteiger partial charge on any atom is 0.256 e. The number of anilines is 1. The van der Waals surface area contributed by atoms with Gasteiger partial charge in [0.15, 0.2) is 0 Å². The second-order valence-electron chi connectivity index (χ2n) is 4.67. The fourth-order valence-electron chi connectivity index (χ4n) is 1.97. The maximum atomic E-state index is 12.3. The van der Waals surface area contributed by atoms with Crippen LogP contribution in [0, 0.1) is 6.92 Å². The van der Waals surface area contributed by atoms with Gasteiger partial charge < -0.3 is 10.6 Å². The van der Waals surface area contributed by atoms with Crippen molar-refractivity contribution < 1.29 is 4.79 Å². The molecule has 0 saturated carbocycles. The van der Waals surface area contributed by atoms with Crippen LogP contribution in [-0.4, -0.2) is 13.0 Å². The molecule has 0 aliphatic rings. The van der Waals surface area contributed by atoms with Gasteiger partial charge in [-0.1, -0.05) is 23.8 Å². The lowest BCUT2D eigenvalue weighted by Crippen LogP contribution is -2.13. The van der Waals surface area contributed by atoms with Crippen LogP contribution in [-0.2, 0) is 6.54 Å². The van der Waals surface area contributed by atoms with E-state index in [4.69, 9.17) is 0 Å². The predicted octanol–water partition coefficient (Wildman–Crippen LogP) is 3.73. The van der Waals surface area contributed by atoms with Gasteiger partial charge >= 0.3 is 0 Å². The van der Waals surface area contributed by atoms with Gasteiger partial charge in [0.1, 0.15) is 0 Å². The molecular formula is C16H17BrN2O. The number of nitrogens with one attached hydrogen (secondary N) is 2. The van der Waals surface area contributed by atoms with Crippen molar-refractivity contribution in [2.45, 2.75) is 13.5 Å². The number of aryl methyl sites for hydroxylation is 1. The normalized spacial score (nSPS) is 10.3. The summed E-state index contributed by atoms with van der Waals surface area (Å²) in [5.41, 5.74) is 3.64. The summed E-state index contributed by atoms with van der Waals surface area (Å²) in [6.07, 6.45) is 0. The Kier molecular flexibility index (Phi) is 4.93. The van der Waals surface area contributed by atoms with Crippen molar-refractivity contribution in [1.82, 2.24) is 5.32 Å². The average molecular weight is 333 g/mol. The third-order valence-electron chi connectivity index (χ3n) is 2.93. The number of hydrogen-bond donors (Lipinski definition) is 2. The van der Waals surface area contributed by atoms with E-state index in [0.29, 0.717) is 5.56 Å². The summed E-state index contributed by atoms with van der Waals surface area (Å²) < 4.78 is 0.798. The summed E-state index contributed by atoms with van der Waals surface area (Å²) in [6.45, 7) is 2.74. The van der Waals surface area contributed by atoms with Gasteiger partial charge in [0.25, 0.3) is 5.91 Å². The van der Waals surface area contributed by atoms with Gasteiger partial charge in [-0.05, 0) is 59.7 Å². The summed E-state index contributed by atoms with van der Waals surface area (Å²) in [7, 11) is 1.90. The molecule has 0 aromatic heterocycles. The fraction of sp³-hybridized carbons (Fsp3) is 0.188. The molecule has 2 aromatic rings. The van der Waals surface area contributed by atoms with E-state index in [1.165, 1.54) is 0 Å². The Labute approximate surface area is 127 Å². The number of carbonyl (C=O) groups is 1. The SMILES string of the molecule is CNCc1cccc(NC(=O)c2cc(C)ccc2Br)c1. The first-order chi connectivity index (χ1) is 9.60. The third-order valence-corrected chi connectivity index (χ3v) is 3.62. The van der Waals surface area contributed by atoms with Crippen molar-refractivity contribution in [1.29, 1.82) is 0 Å². The van der Waals surface area contributed by atoms with E-state index in [-0.39, 0.29) is 5.91 Å². The molecule has 2 rings (SSSR count). The van der Waals surface area contributed by atoms with E-state index in [0.717, 1.165) is 27.8 Å². The van der Waals surface area contributed by atoms with Gasteiger partial charge in [-0.2, -0.15) is 0 Å². The van der Waals surface area contributed by atoms with E-state index >= 15 is 0 Å². The molecule has 0 saturated heterocycles. The monoisotopic (exact) mass is 332 g/mol. The molecule has 104 valence electrons. The fourth-order valence-corrected chi connectivity index (χ4v) is 2.40. The summed E-state index contributed by atoms with van der Waals surface area (Å²) in [5, 5.41) is 6.02. The molecule has 0 atom stereocenters. The smallest absolute Gasteiger partial charge is 0.256 e. The molecule has 0 radical (unpaired) electrons. The molecule has 0 fully saturated rings. The number of halogens is 1. The first kappa shape index (κ1) is 14.8. The standard InChI is InChI=1S/C16H17BrN2O/c1-11-6-7-15(17)14(8-11)16(20)19-13-5-3-4-12(9-13)10-18-2/h3-9,18H,10H2,1-2H3,(H,19,20). The van der Waals surface area contributed by atoms with Crippen molar-refractivity contribution >= 4 is 27.5 Å². The number of amides is 1. The van der Waals surface area contributed by atoms with Gasteiger partial charge in [-0.15, -0.1) is 0 Å². The molecule has 4 heteroatoms. The highest BCUT2D eigenvalue weighted by atomic mass is 79.9. The zero-order chi connectivity index (χ0) is 14.5. The minimum atomic E-state index is -0.109. The molecule has 0 heterocycles. The van der Waals surface area contributed by atoms with Gasteiger partial charge in [-0.3, -0.25) is 4.79 Å². The van der Waals surface area contributed by atoms with Crippen LogP contribution in [0.3, 0.4) is 0 Å². The van der Waals surface area contributed by atoms with Crippen LogP contribution in [0.1, 0.15) is 21.5 Å². The van der Waals surface area contributed by atoms with Crippen LogP contribution in [0.4, 0.5) is 5.69 Å². The predicted molar refractivity (Wildman–Crippen MR) is 86.0 cm³/mol. The maximum absolute atomic E-state index is 12.3. The highest BCUT2D eigenvalue weighted by Gasteiger charge is 2.10. The van der Waals surface area contributed by atoms with Crippen LogP contribution in [0.15, 0.2) is 46.9 Å². The highest BCUT2D eigenvalue weighted by Crippen LogP contribution is 2.20. The molecule has 3 nitrogen and oxygen atoms in total. The van der Waals surface area contributed by atoms with E-state index in [1.54, 1.807) is 0 Å². The van der Waals surface area contributed by atoms with E-state index < -0.39 is 0 Å². The molecule has 20 heavy (non-hydrogen) atoms. The van der Waals surface area contributed by atoms with Crippen molar-refractivity contribution in [2.75, 3.05) is 12.4 Å². The number of rotatable bonds is 4. The Morgan fingerprint density at radius 2 is 2.00 bits per heavy atom. The first-order valence-electron chi connectivity index (χ1n) is 6.41. The zero-order valence-electron chi connectivity index (χ0n) is 11.5. The van der Waals surface area contributed by atoms with E-state index in [9.17, 15) is 4.79 Å². The Balaban J connectivity index is 2.19. The molecule has 0 unspecified atom stereocenters. The number of benzene rings is 2. The lowest BCUT2D eigenvalue weighted by Gasteiger charge is -2.09. The van der Waals surface area contributed by atoms with Gasteiger partial charge in [0.2, 0.25) is 0 Å². The highest BCUT2D eigenvalue weighted by molar-refractivity contribution is 9.10. The summed E-state index contributed by atoms with van der Waals surface area (Å²) >= 11 is 3.41. The summed E-state index contributed by atoms with van der Waals surface area (Å²) in [5.74, 6) is -0.109. The van der Waals surface area contributed by atoms with Crippen molar-refractivity contribution in [3.8, 4) is 0 Å². The van der Waals surface area contributed by atoms with Gasteiger partial charge in [0.05, 0.1) is 5.56 Å². The molecule has 0 bridgehead atoms. The molecule has 0 aliphatic heterocycles. The minimum Gasteiger partial charge on any atom is -0.322 e. The molecular weight excluding hydrogens is 316 g/mol. The van der Waals surface area contributed by atoms with Crippen molar-refractivity contribution in [3.05, 3.63) is 63.6 Å². The number of hydrogen-bond acceptors (Lipinski definition) is 2. The van der Waals surface area contributed by atoms with Gasteiger partial charge in [-0.25, -0.2) is 0 Å². The summed E-state index contributed by atoms with van der Waals surface area (Å²) in [6, 6.07) is 13.5. The lowest BCUT2D eigenvalue weighted by molar-refractivity contribution is 0.102. The minimum absolute atomic E-state index is 0.109. The molecule has 0 aliphatic carbocycles. The third kappa shape index (κ3) is 3.68. The Hall–Kier alpha value is -1.65. The van der Waals surface area contributed by atoms with Crippen LogP contribution in [0.5, 0.6) is 0 Å². The zero-order valence-corrected chi connectivity index (χ0v) is 13.1. The molecule has 0 spiro atoms. The second kappa shape index (κ2) is 6.68. The first-order valence-corrected chi connectivity index (χ1v) is 7.20. The lowest BCUT2D eigenvalue weighted by atomic mass is 10.1. The largest absolute Gasteiger partial charge is 0.322 e. The summed E-state index contributed by atoms with van der Waals surface area (Å²) in [4.78, 5) is 12.3. The van der Waals surface area contributed by atoms with E-state index in [1.807, 2.05) is 56.4 Å². The molecule has 2 aromatic carbocycles. The van der Waals surface area contributed by atoms with Crippen LogP contribution in [0.25, 0.3) is 0 Å². The van der Waals surface area contributed by atoms with Crippen LogP contribution >= 0.6 is 15.9 Å². The number of carbonyl (C=O) groups excluding carboxylic acids is 1. The quantitative estimate of drug-likeness (QED) is 0.895. The van der Waals surface area contributed by atoms with E-state index in [2.05, 4.69) is 26.6 Å². The Morgan fingerprint density at radius 1 is 1.20 bits per heavy atom. The molecule has 2 N–H and O–H groups in total. The van der Waals surface area contributed by atoms with Crippen LogP contribution in [0.2, 0.25) is 0 Å². The topological polar surface area (TPSA) is 41.1 Å². The second-order valence-corrected chi connectivity index (χ2v) is 5.52. The van der Waals surface area contributed by atoms with Crippen molar-refractivity contribution in [3.63, 3.8) is 0 Å². The Bertz CT molecular complexity index is 626. The molecule has 1 amide bonds. The van der Waals surface area contributed by atoms with Crippen molar-refractivity contribution in [2.24, 2.45) is 0 Å². The van der Waals surface area contributed by atoms with Crippen LogP contribution < -0.4 is 10.6 Å².